The van der Waals surface area contributed by atoms with Gasteiger partial charge in [0, 0.05) is 12.1 Å². The topological polar surface area (TPSA) is 68.0 Å². The van der Waals surface area contributed by atoms with E-state index in [4.69, 9.17) is 5.73 Å². The van der Waals surface area contributed by atoms with Crippen molar-refractivity contribution in [3.63, 3.8) is 0 Å². The number of aromatic nitrogens is 1. The molecule has 1 aromatic heterocycles. The van der Waals surface area contributed by atoms with Gasteiger partial charge in [-0.15, -0.1) is 11.3 Å². The van der Waals surface area contributed by atoms with E-state index in [0.29, 0.717) is 6.04 Å². The quantitative estimate of drug-likeness (QED) is 0.890. The van der Waals surface area contributed by atoms with E-state index in [9.17, 15) is 4.79 Å². The van der Waals surface area contributed by atoms with Crippen LogP contribution in [0.2, 0.25) is 0 Å². The molecule has 106 valence electrons. The second-order valence-corrected chi connectivity index (χ2v) is 6.44. The number of rotatable bonds is 4. The van der Waals surface area contributed by atoms with Crippen LogP contribution in [0.25, 0.3) is 0 Å². The number of hydrogen-bond acceptors (Lipinski definition) is 4. The number of hydrogen-bond donors (Lipinski definition) is 2. The fourth-order valence-corrected chi connectivity index (χ4v) is 3.57. The summed E-state index contributed by atoms with van der Waals surface area (Å²) in [5.41, 5.74) is 6.74. The van der Waals surface area contributed by atoms with Gasteiger partial charge in [0.2, 0.25) is 0 Å². The molecule has 5 heteroatoms. The Morgan fingerprint density at radius 1 is 1.42 bits per heavy atom. The van der Waals surface area contributed by atoms with Gasteiger partial charge in [0.1, 0.15) is 4.88 Å². The lowest BCUT2D eigenvalue weighted by atomic mass is 9.92. The van der Waals surface area contributed by atoms with Crippen molar-refractivity contribution in [1.82, 2.24) is 10.3 Å². The highest BCUT2D eigenvalue weighted by Crippen LogP contribution is 2.21. The molecule has 1 aliphatic rings. The number of carbonyl (C=O) groups is 1. The van der Waals surface area contributed by atoms with E-state index < -0.39 is 0 Å². The van der Waals surface area contributed by atoms with E-state index >= 15 is 0 Å². The van der Waals surface area contributed by atoms with Gasteiger partial charge in [-0.1, -0.05) is 6.92 Å². The van der Waals surface area contributed by atoms with E-state index in [1.165, 1.54) is 11.3 Å². The number of carbonyl (C=O) groups excluding carboxylic acids is 1. The lowest BCUT2D eigenvalue weighted by molar-refractivity contribution is 0.0929. The van der Waals surface area contributed by atoms with E-state index in [1.54, 1.807) is 0 Å². The van der Waals surface area contributed by atoms with Crippen LogP contribution >= 0.6 is 11.3 Å². The Hall–Kier alpha value is -0.940. The molecule has 0 spiro atoms. The first-order valence-electron chi connectivity index (χ1n) is 7.13. The number of amides is 1. The lowest BCUT2D eigenvalue weighted by Gasteiger charge is -2.26. The number of nitrogens with one attached hydrogen (secondary N) is 1. The van der Waals surface area contributed by atoms with Gasteiger partial charge in [0.25, 0.3) is 5.91 Å². The molecule has 0 radical (unpaired) electrons. The molecule has 1 fully saturated rings. The minimum Gasteiger partial charge on any atom is -0.349 e. The standard InChI is InChI=1S/C14H23N3OS/c1-3-4-12-16-9(2)13(19-12)14(18)17-11-7-5-10(15)6-8-11/h10-11H,3-8,15H2,1-2H3,(H,17,18). The van der Waals surface area contributed by atoms with Gasteiger partial charge in [0.15, 0.2) is 0 Å². The number of thiazole rings is 1. The molecular weight excluding hydrogens is 258 g/mol. The molecule has 1 amide bonds. The third kappa shape index (κ3) is 3.76. The molecule has 3 N–H and O–H groups in total. The Morgan fingerprint density at radius 3 is 2.74 bits per heavy atom. The summed E-state index contributed by atoms with van der Waals surface area (Å²) in [5, 5.41) is 4.19. The summed E-state index contributed by atoms with van der Waals surface area (Å²) < 4.78 is 0. The van der Waals surface area contributed by atoms with E-state index in [1.807, 2.05) is 6.92 Å². The first-order valence-corrected chi connectivity index (χ1v) is 7.94. The van der Waals surface area contributed by atoms with Crippen LogP contribution in [0.1, 0.15) is 59.4 Å². The van der Waals surface area contributed by atoms with Gasteiger partial charge in [0.05, 0.1) is 10.7 Å². The number of aryl methyl sites for hydroxylation is 2. The summed E-state index contributed by atoms with van der Waals surface area (Å²) in [7, 11) is 0. The molecule has 0 aliphatic heterocycles. The molecule has 0 unspecified atom stereocenters. The summed E-state index contributed by atoms with van der Waals surface area (Å²) in [6.07, 6.45) is 6.02. The number of nitrogens with zero attached hydrogens (tertiary/aromatic N) is 1. The SMILES string of the molecule is CCCc1nc(C)c(C(=O)NC2CCC(N)CC2)s1. The Bertz CT molecular complexity index is 436. The van der Waals surface area contributed by atoms with E-state index in [0.717, 1.165) is 54.1 Å². The Morgan fingerprint density at radius 2 is 2.11 bits per heavy atom. The summed E-state index contributed by atoms with van der Waals surface area (Å²) in [6.45, 7) is 4.04. The highest BCUT2D eigenvalue weighted by Gasteiger charge is 2.22. The van der Waals surface area contributed by atoms with Crippen molar-refractivity contribution in [2.24, 2.45) is 5.73 Å². The van der Waals surface area contributed by atoms with Crippen molar-refractivity contribution in [2.45, 2.75) is 64.5 Å². The largest absolute Gasteiger partial charge is 0.349 e. The smallest absolute Gasteiger partial charge is 0.263 e. The first-order chi connectivity index (χ1) is 9.10. The minimum atomic E-state index is 0.0397. The van der Waals surface area contributed by atoms with E-state index in [-0.39, 0.29) is 11.9 Å². The van der Waals surface area contributed by atoms with Crippen LogP contribution in [0, 0.1) is 6.92 Å². The van der Waals surface area contributed by atoms with Crippen LogP contribution in [-0.2, 0) is 6.42 Å². The van der Waals surface area contributed by atoms with Gasteiger partial charge >= 0.3 is 0 Å². The predicted octanol–water partition coefficient (Wildman–Crippen LogP) is 2.40. The van der Waals surface area contributed by atoms with Crippen LogP contribution in [0.3, 0.4) is 0 Å². The zero-order chi connectivity index (χ0) is 13.8. The zero-order valence-electron chi connectivity index (χ0n) is 11.7. The van der Waals surface area contributed by atoms with Gasteiger partial charge in [-0.25, -0.2) is 4.98 Å². The molecule has 0 bridgehead atoms. The van der Waals surface area contributed by atoms with Crippen molar-refractivity contribution >= 4 is 17.2 Å². The molecular formula is C14H23N3OS. The maximum absolute atomic E-state index is 12.3. The molecule has 0 aromatic carbocycles. The fourth-order valence-electron chi connectivity index (χ4n) is 2.50. The summed E-state index contributed by atoms with van der Waals surface area (Å²) in [5.74, 6) is 0.0397. The highest BCUT2D eigenvalue weighted by molar-refractivity contribution is 7.13. The molecule has 0 atom stereocenters. The molecule has 0 saturated heterocycles. The van der Waals surface area contributed by atoms with Crippen LogP contribution in [0.15, 0.2) is 0 Å². The predicted molar refractivity (Wildman–Crippen MR) is 78.5 cm³/mol. The molecule has 2 rings (SSSR count). The molecule has 1 aromatic rings. The summed E-state index contributed by atoms with van der Waals surface area (Å²) in [6, 6.07) is 0.595. The lowest BCUT2D eigenvalue weighted by Crippen LogP contribution is -2.40. The second kappa shape index (κ2) is 6.48. The van der Waals surface area contributed by atoms with Crippen LogP contribution in [0.4, 0.5) is 0 Å². The average Bonchev–Trinajstić information content (AvgIpc) is 2.74. The monoisotopic (exact) mass is 281 g/mol. The van der Waals surface area contributed by atoms with Crippen molar-refractivity contribution in [1.29, 1.82) is 0 Å². The third-order valence-corrected chi connectivity index (χ3v) is 4.83. The Balaban J connectivity index is 1.95. The fraction of sp³-hybridized carbons (Fsp3) is 0.714. The van der Waals surface area contributed by atoms with Crippen LogP contribution in [0.5, 0.6) is 0 Å². The highest BCUT2D eigenvalue weighted by atomic mass is 32.1. The maximum atomic E-state index is 12.3. The van der Waals surface area contributed by atoms with E-state index in [2.05, 4.69) is 17.2 Å². The molecule has 1 saturated carbocycles. The normalized spacial score (nSPS) is 23.3. The van der Waals surface area contributed by atoms with Crippen molar-refractivity contribution in [3.05, 3.63) is 15.6 Å². The van der Waals surface area contributed by atoms with Crippen molar-refractivity contribution in [3.8, 4) is 0 Å². The average molecular weight is 281 g/mol. The van der Waals surface area contributed by atoms with Gasteiger partial charge in [-0.2, -0.15) is 0 Å². The number of nitrogens with two attached hydrogens (primary N) is 1. The summed E-state index contributed by atoms with van der Waals surface area (Å²) in [4.78, 5) is 17.5. The van der Waals surface area contributed by atoms with Crippen LogP contribution < -0.4 is 11.1 Å². The van der Waals surface area contributed by atoms with Gasteiger partial charge in [-0.3, -0.25) is 4.79 Å². The van der Waals surface area contributed by atoms with Gasteiger partial charge < -0.3 is 11.1 Å². The summed E-state index contributed by atoms with van der Waals surface area (Å²) >= 11 is 1.53. The Labute approximate surface area is 118 Å². The van der Waals surface area contributed by atoms with Crippen molar-refractivity contribution in [2.75, 3.05) is 0 Å². The second-order valence-electron chi connectivity index (χ2n) is 5.36. The third-order valence-electron chi connectivity index (χ3n) is 3.62. The van der Waals surface area contributed by atoms with Gasteiger partial charge in [-0.05, 0) is 45.4 Å². The molecule has 1 aliphatic carbocycles. The molecule has 1 heterocycles. The zero-order valence-corrected chi connectivity index (χ0v) is 12.6. The van der Waals surface area contributed by atoms with Crippen molar-refractivity contribution < 1.29 is 4.79 Å². The first kappa shape index (κ1) is 14.5. The molecule has 4 nitrogen and oxygen atoms in total. The maximum Gasteiger partial charge on any atom is 0.263 e. The Kier molecular flexibility index (Phi) is 4.93. The van der Waals surface area contributed by atoms with Crippen LogP contribution in [-0.4, -0.2) is 23.0 Å². The molecule has 19 heavy (non-hydrogen) atoms. The minimum absolute atomic E-state index is 0.0397.